The molecule has 4 nitrogen and oxygen atoms in total. The predicted octanol–water partition coefficient (Wildman–Crippen LogP) is 2.38. The summed E-state index contributed by atoms with van der Waals surface area (Å²) in [6.07, 6.45) is 0.666. The van der Waals surface area contributed by atoms with Crippen molar-refractivity contribution in [3.05, 3.63) is 33.8 Å². The van der Waals surface area contributed by atoms with Crippen LogP contribution in [0.4, 0.5) is 0 Å². The van der Waals surface area contributed by atoms with E-state index in [4.69, 9.17) is 31.0 Å². The van der Waals surface area contributed by atoms with E-state index < -0.39 is 11.8 Å². The molecule has 21 heavy (non-hydrogen) atoms. The van der Waals surface area contributed by atoms with Gasteiger partial charge in [0, 0.05) is 5.02 Å². The minimum atomic E-state index is -0.463. The van der Waals surface area contributed by atoms with Gasteiger partial charge in [-0.1, -0.05) is 37.0 Å². The minimum Gasteiger partial charge on any atom is -0.361 e. The molecule has 0 heterocycles. The summed E-state index contributed by atoms with van der Waals surface area (Å²) in [6.45, 7) is 3.84. The largest absolute Gasteiger partial charge is 0.361 e. The van der Waals surface area contributed by atoms with Gasteiger partial charge in [0.15, 0.2) is 0 Å². The molecule has 0 aliphatic heterocycles. The van der Waals surface area contributed by atoms with Gasteiger partial charge in [-0.05, 0) is 36.5 Å². The Balaban J connectivity index is 2.49. The van der Waals surface area contributed by atoms with Crippen molar-refractivity contribution in [3.8, 4) is 0 Å². The summed E-state index contributed by atoms with van der Waals surface area (Å²) < 4.78 is 0. The van der Waals surface area contributed by atoms with Crippen molar-refractivity contribution in [1.29, 1.82) is 0 Å². The lowest BCUT2D eigenvalue weighted by atomic mass is 9.88. The number of halogens is 2. The molecule has 0 spiro atoms. The number of nitrogens with one attached hydrogen (secondary N) is 2. The monoisotopic (exact) mass is 326 g/mol. The molecule has 7 heteroatoms. The number of hydrogen-bond donors (Lipinski definition) is 2. The highest BCUT2D eigenvalue weighted by molar-refractivity contribution is 6.35. The van der Waals surface area contributed by atoms with Gasteiger partial charge in [0.25, 0.3) is 5.91 Å². The van der Waals surface area contributed by atoms with Crippen molar-refractivity contribution in [2.24, 2.45) is 5.92 Å². The van der Waals surface area contributed by atoms with E-state index in [1.807, 2.05) is 13.8 Å². The predicted molar refractivity (Wildman–Crippen MR) is 85.9 cm³/mol. The van der Waals surface area contributed by atoms with Crippen LogP contribution in [0.1, 0.15) is 30.6 Å². The Kier molecular flexibility index (Phi) is 7.05. The third-order valence-corrected chi connectivity index (χ3v) is 3.22. The number of amides is 2. The Bertz CT molecular complexity index is 524. The molecule has 0 aliphatic rings. The molecule has 0 aromatic heterocycles. The average molecular weight is 327 g/mol. The van der Waals surface area contributed by atoms with Crippen LogP contribution in [0.15, 0.2) is 18.2 Å². The first kappa shape index (κ1) is 17.9. The molecular weight excluding hydrogens is 310 g/mol. The van der Waals surface area contributed by atoms with E-state index in [9.17, 15) is 9.59 Å². The number of rotatable bonds is 6. The maximum atomic E-state index is 11.9. The Morgan fingerprint density at radius 2 is 1.95 bits per heavy atom. The van der Waals surface area contributed by atoms with Crippen molar-refractivity contribution in [3.63, 3.8) is 0 Å². The molecule has 1 atom stereocenters. The molecule has 1 aromatic carbocycles. The molecule has 0 saturated heterocycles. The standard InChI is InChI=1S/C14H17BCl2N2O2/c1-8(2)5-12(15)19-13(20)7-18-14(21)10-6-9(16)3-4-11(10)17/h3-4,6,8,12H,5,7H2,1-2H3,(H,18,21)(H,19,20)/t12-/m0/s1. The SMILES string of the molecule is [B][C@H](CC(C)C)NC(=O)CNC(=O)c1cc(Cl)ccc1Cl. The molecule has 0 unspecified atom stereocenters. The fourth-order valence-electron chi connectivity index (χ4n) is 1.75. The molecule has 0 fully saturated rings. The summed E-state index contributed by atoms with van der Waals surface area (Å²) in [6, 6.07) is 4.55. The lowest BCUT2D eigenvalue weighted by Gasteiger charge is -2.16. The number of hydrogen-bond acceptors (Lipinski definition) is 2. The first-order valence-electron chi connectivity index (χ1n) is 6.57. The van der Waals surface area contributed by atoms with Crippen LogP contribution < -0.4 is 10.6 Å². The van der Waals surface area contributed by atoms with E-state index in [2.05, 4.69) is 10.6 Å². The van der Waals surface area contributed by atoms with E-state index in [-0.39, 0.29) is 23.0 Å². The molecule has 0 bridgehead atoms. The summed E-state index contributed by atoms with van der Waals surface area (Å²) in [5.74, 6) is -0.867. The highest BCUT2D eigenvalue weighted by Crippen LogP contribution is 2.20. The number of benzene rings is 1. The Morgan fingerprint density at radius 3 is 2.57 bits per heavy atom. The van der Waals surface area contributed by atoms with Crippen LogP contribution in [0.2, 0.25) is 10.0 Å². The van der Waals surface area contributed by atoms with Crippen LogP contribution in [0.3, 0.4) is 0 Å². The van der Waals surface area contributed by atoms with Crippen molar-refractivity contribution >= 4 is 42.9 Å². The summed E-state index contributed by atoms with van der Waals surface area (Å²) in [5, 5.41) is 5.75. The zero-order valence-electron chi connectivity index (χ0n) is 12.0. The van der Waals surface area contributed by atoms with E-state index in [0.717, 1.165) is 0 Å². The quantitative estimate of drug-likeness (QED) is 0.788. The third kappa shape index (κ3) is 6.40. The lowest BCUT2D eigenvalue weighted by Crippen LogP contribution is -2.42. The first-order chi connectivity index (χ1) is 9.79. The molecule has 112 valence electrons. The van der Waals surface area contributed by atoms with Gasteiger partial charge >= 0.3 is 0 Å². The highest BCUT2D eigenvalue weighted by atomic mass is 35.5. The summed E-state index contributed by atoms with van der Waals surface area (Å²) >= 11 is 11.7. The fraction of sp³-hybridized carbons (Fsp3) is 0.429. The molecular formula is C14H17BCl2N2O2. The van der Waals surface area contributed by atoms with Crippen molar-refractivity contribution in [1.82, 2.24) is 10.6 Å². The summed E-state index contributed by atoms with van der Waals surface area (Å²) in [7, 11) is 5.75. The van der Waals surface area contributed by atoms with Crippen LogP contribution in [-0.2, 0) is 4.79 Å². The van der Waals surface area contributed by atoms with Gasteiger partial charge in [-0.15, -0.1) is 0 Å². The van der Waals surface area contributed by atoms with E-state index in [1.165, 1.54) is 12.1 Å². The Hall–Kier alpha value is -1.20. The van der Waals surface area contributed by atoms with E-state index >= 15 is 0 Å². The maximum absolute atomic E-state index is 11.9. The van der Waals surface area contributed by atoms with Gasteiger partial charge in [0.1, 0.15) is 0 Å². The van der Waals surface area contributed by atoms with Gasteiger partial charge in [-0.2, -0.15) is 0 Å². The second-order valence-corrected chi connectivity index (χ2v) is 5.95. The second kappa shape index (κ2) is 8.30. The molecule has 2 amide bonds. The number of carbonyl (C=O) groups excluding carboxylic acids is 2. The zero-order valence-corrected chi connectivity index (χ0v) is 13.5. The van der Waals surface area contributed by atoms with Gasteiger partial charge in [-0.3, -0.25) is 9.59 Å². The fourth-order valence-corrected chi connectivity index (χ4v) is 2.13. The van der Waals surface area contributed by atoms with Crippen LogP contribution in [0.5, 0.6) is 0 Å². The molecule has 0 aliphatic carbocycles. The van der Waals surface area contributed by atoms with Crippen LogP contribution in [0.25, 0.3) is 0 Å². The lowest BCUT2D eigenvalue weighted by molar-refractivity contribution is -0.120. The van der Waals surface area contributed by atoms with Gasteiger partial charge in [0.2, 0.25) is 5.91 Å². The third-order valence-electron chi connectivity index (χ3n) is 2.65. The average Bonchev–Trinajstić information content (AvgIpc) is 2.37. The van der Waals surface area contributed by atoms with Gasteiger partial charge in [-0.25, -0.2) is 0 Å². The Labute approximate surface area is 136 Å². The molecule has 1 aromatic rings. The van der Waals surface area contributed by atoms with Crippen molar-refractivity contribution in [2.75, 3.05) is 6.54 Å². The zero-order chi connectivity index (χ0) is 16.0. The van der Waals surface area contributed by atoms with Crippen LogP contribution >= 0.6 is 23.2 Å². The smallest absolute Gasteiger partial charge is 0.253 e. The summed E-state index contributed by atoms with van der Waals surface area (Å²) in [5.41, 5.74) is 0.225. The molecule has 0 saturated carbocycles. The highest BCUT2D eigenvalue weighted by Gasteiger charge is 2.13. The topological polar surface area (TPSA) is 58.2 Å². The molecule has 2 N–H and O–H groups in total. The van der Waals surface area contributed by atoms with Gasteiger partial charge in [0.05, 0.1) is 25.0 Å². The Morgan fingerprint density at radius 1 is 1.29 bits per heavy atom. The van der Waals surface area contributed by atoms with Crippen molar-refractivity contribution < 1.29 is 9.59 Å². The van der Waals surface area contributed by atoms with Crippen molar-refractivity contribution in [2.45, 2.75) is 26.2 Å². The normalized spacial score (nSPS) is 12.0. The summed E-state index contributed by atoms with van der Waals surface area (Å²) in [4.78, 5) is 23.6. The molecule has 1 rings (SSSR count). The van der Waals surface area contributed by atoms with Gasteiger partial charge < -0.3 is 10.6 Å². The maximum Gasteiger partial charge on any atom is 0.253 e. The number of carbonyl (C=O) groups is 2. The van der Waals surface area contributed by atoms with E-state index in [0.29, 0.717) is 17.4 Å². The van der Waals surface area contributed by atoms with Crippen LogP contribution in [0, 0.1) is 5.92 Å². The van der Waals surface area contributed by atoms with E-state index in [1.54, 1.807) is 6.07 Å². The van der Waals surface area contributed by atoms with Crippen LogP contribution in [-0.4, -0.2) is 32.1 Å². The minimum absolute atomic E-state index is 0.173. The molecule has 2 radical (unpaired) electrons. The second-order valence-electron chi connectivity index (χ2n) is 5.11. The first-order valence-corrected chi connectivity index (χ1v) is 7.33.